The zero-order valence-electron chi connectivity index (χ0n) is 11.0. The number of pyridine rings is 1. The molecular weight excluding hydrogens is 236 g/mol. The van der Waals surface area contributed by atoms with Crippen LogP contribution >= 0.6 is 0 Å². The van der Waals surface area contributed by atoms with Crippen molar-refractivity contribution in [3.63, 3.8) is 0 Å². The van der Waals surface area contributed by atoms with E-state index in [9.17, 15) is 8.78 Å². The number of hydrogen-bond donors (Lipinski definition) is 0. The van der Waals surface area contributed by atoms with Gasteiger partial charge in [0, 0.05) is 5.69 Å². The second kappa shape index (κ2) is 8.01. The van der Waals surface area contributed by atoms with Gasteiger partial charge in [0.05, 0.1) is 6.20 Å². The van der Waals surface area contributed by atoms with E-state index >= 15 is 0 Å². The van der Waals surface area contributed by atoms with Crippen LogP contribution in [0.1, 0.15) is 57.6 Å². The Labute approximate surface area is 107 Å². The van der Waals surface area contributed by atoms with E-state index < -0.39 is 6.61 Å². The summed E-state index contributed by atoms with van der Waals surface area (Å²) in [5, 5.41) is 0. The topological polar surface area (TPSA) is 22.1 Å². The van der Waals surface area contributed by atoms with Crippen molar-refractivity contribution in [3.05, 3.63) is 24.0 Å². The molecule has 0 amide bonds. The first-order valence-electron chi connectivity index (χ1n) is 6.54. The van der Waals surface area contributed by atoms with Crippen LogP contribution in [0, 0.1) is 0 Å². The fraction of sp³-hybridized carbons (Fsp3) is 0.643. The Balaban J connectivity index is 2.41. The summed E-state index contributed by atoms with van der Waals surface area (Å²) in [7, 11) is 0. The molecule has 18 heavy (non-hydrogen) atoms. The molecule has 0 spiro atoms. The molecule has 0 aliphatic rings. The van der Waals surface area contributed by atoms with E-state index in [4.69, 9.17) is 0 Å². The number of aromatic nitrogens is 1. The van der Waals surface area contributed by atoms with Crippen LogP contribution in [-0.2, 0) is 0 Å². The third-order valence-electron chi connectivity index (χ3n) is 2.98. The van der Waals surface area contributed by atoms with Crippen LogP contribution in [0.5, 0.6) is 5.75 Å². The molecule has 4 heteroatoms. The van der Waals surface area contributed by atoms with E-state index in [1.807, 2.05) is 0 Å². The molecule has 2 nitrogen and oxygen atoms in total. The van der Waals surface area contributed by atoms with Gasteiger partial charge < -0.3 is 4.74 Å². The second-order valence-electron chi connectivity index (χ2n) is 4.55. The predicted octanol–water partition coefficient (Wildman–Crippen LogP) is 4.76. The molecule has 1 atom stereocenters. The Kier molecular flexibility index (Phi) is 6.61. The first kappa shape index (κ1) is 14.9. The third-order valence-corrected chi connectivity index (χ3v) is 2.98. The number of rotatable bonds is 8. The van der Waals surface area contributed by atoms with Crippen LogP contribution in [0.25, 0.3) is 0 Å². The summed E-state index contributed by atoms with van der Waals surface area (Å²) >= 11 is 0. The molecule has 0 fully saturated rings. The molecule has 1 unspecified atom stereocenters. The summed E-state index contributed by atoms with van der Waals surface area (Å²) in [5.74, 6) is 0.481. The van der Waals surface area contributed by atoms with Crippen LogP contribution < -0.4 is 4.74 Å². The lowest BCUT2D eigenvalue weighted by Gasteiger charge is -2.11. The minimum absolute atomic E-state index is 0.118. The maximum absolute atomic E-state index is 12.0. The van der Waals surface area contributed by atoms with Crippen molar-refractivity contribution in [1.29, 1.82) is 0 Å². The van der Waals surface area contributed by atoms with Gasteiger partial charge in [0.2, 0.25) is 0 Å². The van der Waals surface area contributed by atoms with Gasteiger partial charge in [-0.2, -0.15) is 8.78 Å². The average molecular weight is 257 g/mol. The summed E-state index contributed by atoms with van der Waals surface area (Å²) in [6.45, 7) is 1.51. The Morgan fingerprint density at radius 2 is 2.00 bits per heavy atom. The van der Waals surface area contributed by atoms with Crippen LogP contribution in [0.2, 0.25) is 0 Å². The number of unbranched alkanes of at least 4 members (excludes halogenated alkanes) is 3. The van der Waals surface area contributed by atoms with E-state index in [2.05, 4.69) is 23.6 Å². The molecule has 0 N–H and O–H groups in total. The normalized spacial score (nSPS) is 12.7. The summed E-state index contributed by atoms with van der Waals surface area (Å²) in [4.78, 5) is 4.17. The number of hydrogen-bond acceptors (Lipinski definition) is 2. The zero-order valence-corrected chi connectivity index (χ0v) is 11.0. The Morgan fingerprint density at radius 1 is 1.22 bits per heavy atom. The van der Waals surface area contributed by atoms with Crippen molar-refractivity contribution < 1.29 is 13.5 Å². The fourth-order valence-corrected chi connectivity index (χ4v) is 1.88. The highest BCUT2D eigenvalue weighted by Crippen LogP contribution is 2.22. The average Bonchev–Trinajstić information content (AvgIpc) is 2.34. The summed E-state index contributed by atoms with van der Waals surface area (Å²) < 4.78 is 28.2. The molecule has 0 radical (unpaired) electrons. The van der Waals surface area contributed by atoms with Crippen molar-refractivity contribution in [2.24, 2.45) is 0 Å². The molecule has 0 aliphatic heterocycles. The Bertz CT molecular complexity index is 327. The fourth-order valence-electron chi connectivity index (χ4n) is 1.88. The van der Waals surface area contributed by atoms with E-state index in [0.717, 1.165) is 12.1 Å². The maximum Gasteiger partial charge on any atom is 0.387 e. The molecule has 1 aromatic rings. The first-order chi connectivity index (χ1) is 8.63. The lowest BCUT2D eigenvalue weighted by Crippen LogP contribution is -2.03. The Morgan fingerprint density at radius 3 is 2.56 bits per heavy atom. The number of nitrogens with zero attached hydrogens (tertiary/aromatic N) is 1. The van der Waals surface area contributed by atoms with Gasteiger partial charge in [-0.15, -0.1) is 0 Å². The lowest BCUT2D eigenvalue weighted by molar-refractivity contribution is -0.0500. The molecular formula is C14H21F2NO. The highest BCUT2D eigenvalue weighted by Gasteiger charge is 2.08. The van der Waals surface area contributed by atoms with Crippen molar-refractivity contribution in [3.8, 4) is 5.75 Å². The SMILES string of the molecule is CCCCCCC(C)c1ccc(OC(F)F)cn1. The zero-order chi connectivity index (χ0) is 13.4. The van der Waals surface area contributed by atoms with Crippen molar-refractivity contribution >= 4 is 0 Å². The largest absolute Gasteiger partial charge is 0.433 e. The molecule has 102 valence electrons. The van der Waals surface area contributed by atoms with Crippen molar-refractivity contribution in [2.45, 2.75) is 58.5 Å². The molecule has 0 bridgehead atoms. The molecule has 0 aliphatic carbocycles. The quantitative estimate of drug-likeness (QED) is 0.626. The summed E-state index contributed by atoms with van der Waals surface area (Å²) in [5.41, 5.74) is 0.938. The van der Waals surface area contributed by atoms with Crippen molar-refractivity contribution in [1.82, 2.24) is 4.98 Å². The minimum atomic E-state index is -2.79. The van der Waals surface area contributed by atoms with Gasteiger partial charge in [0.1, 0.15) is 5.75 Å². The lowest BCUT2D eigenvalue weighted by atomic mass is 9.99. The molecule has 0 aromatic carbocycles. The van der Waals surface area contributed by atoms with Gasteiger partial charge in [-0.25, -0.2) is 0 Å². The minimum Gasteiger partial charge on any atom is -0.433 e. The highest BCUT2D eigenvalue weighted by molar-refractivity contribution is 5.21. The molecule has 1 rings (SSSR count). The molecule has 1 aromatic heterocycles. The number of ether oxygens (including phenoxy) is 1. The van der Waals surface area contributed by atoms with Gasteiger partial charge in [0.25, 0.3) is 0 Å². The van der Waals surface area contributed by atoms with E-state index in [1.54, 1.807) is 12.1 Å². The summed E-state index contributed by atoms with van der Waals surface area (Å²) in [6, 6.07) is 3.32. The van der Waals surface area contributed by atoms with Gasteiger partial charge in [-0.3, -0.25) is 4.98 Å². The number of halogens is 2. The van der Waals surface area contributed by atoms with Gasteiger partial charge in [-0.05, 0) is 24.5 Å². The van der Waals surface area contributed by atoms with Crippen LogP contribution in [0.4, 0.5) is 8.78 Å². The van der Waals surface area contributed by atoms with Crippen LogP contribution in [0.3, 0.4) is 0 Å². The number of alkyl halides is 2. The monoisotopic (exact) mass is 257 g/mol. The predicted molar refractivity (Wildman–Crippen MR) is 68.0 cm³/mol. The van der Waals surface area contributed by atoms with Crippen LogP contribution in [0.15, 0.2) is 18.3 Å². The molecule has 0 saturated heterocycles. The van der Waals surface area contributed by atoms with E-state index in [-0.39, 0.29) is 5.75 Å². The smallest absolute Gasteiger partial charge is 0.387 e. The first-order valence-corrected chi connectivity index (χ1v) is 6.54. The van der Waals surface area contributed by atoms with Gasteiger partial charge >= 0.3 is 6.61 Å². The highest BCUT2D eigenvalue weighted by atomic mass is 19.3. The van der Waals surface area contributed by atoms with Gasteiger partial charge in [0.15, 0.2) is 0 Å². The Hall–Kier alpha value is -1.19. The standard InChI is InChI=1S/C14H21F2NO/c1-3-4-5-6-7-11(2)13-9-8-12(10-17-13)18-14(15)16/h8-11,14H,3-7H2,1-2H3. The van der Waals surface area contributed by atoms with Crippen LogP contribution in [-0.4, -0.2) is 11.6 Å². The van der Waals surface area contributed by atoms with Gasteiger partial charge in [-0.1, -0.05) is 39.5 Å². The molecule has 1 heterocycles. The van der Waals surface area contributed by atoms with Crippen molar-refractivity contribution in [2.75, 3.05) is 0 Å². The van der Waals surface area contributed by atoms with E-state index in [0.29, 0.717) is 5.92 Å². The maximum atomic E-state index is 12.0. The summed E-state index contributed by atoms with van der Waals surface area (Å²) in [6.07, 6.45) is 7.37. The van der Waals surface area contributed by atoms with E-state index in [1.165, 1.54) is 31.9 Å². The third kappa shape index (κ3) is 5.43. The molecule has 0 saturated carbocycles. The second-order valence-corrected chi connectivity index (χ2v) is 4.55.